The molecule has 4 aliphatic carbocycles. The number of urea groups is 2. The van der Waals surface area contributed by atoms with Crippen molar-refractivity contribution in [2.24, 2.45) is 23.7 Å². The Hall–Kier alpha value is -1.10. The summed E-state index contributed by atoms with van der Waals surface area (Å²) in [5, 5.41) is 0. The minimum Gasteiger partial charge on any atom is -0.299 e. The second-order valence-corrected chi connectivity index (χ2v) is 21.8. The fourth-order valence-electron chi connectivity index (χ4n) is 9.01. The summed E-state index contributed by atoms with van der Waals surface area (Å²) in [6.45, 7) is 11.9. The summed E-state index contributed by atoms with van der Waals surface area (Å²) in [4.78, 5) is 37.5. The third kappa shape index (κ3) is 12.0. The average molecular weight is 815 g/mol. The Bertz CT molecular complexity index is 1180. The fourth-order valence-corrected chi connectivity index (χ4v) is 13.5. The maximum atomic E-state index is 14.5. The molecule has 6 rings (SSSR count). The third-order valence-electron chi connectivity index (χ3n) is 12.8. The number of fused-ring (bicyclic) bond motifs is 1. The number of rotatable bonds is 20. The van der Waals surface area contributed by atoms with E-state index in [0.29, 0.717) is 26.2 Å². The Morgan fingerprint density at radius 1 is 0.444 bits per heavy atom. The molecule has 2 aliphatic heterocycles. The standard InChI is InChI=1S/C44H70N4O2S4/c1-33-5-13-37(14-6-33)29-51-25-21-45-41-42(47(43(45)49)23-27-53-31-39-17-9-35(3)10-18-39)48(24-28-54-32-40-19-11-36(4)12-20-40)44(50)46(41)22-26-52-30-38-15-7-34(2)8-16-38/h5,7,9,11,37-42H,6,8,10,12-32H2,1-4H3. The normalized spacial score (nSPS) is 29.0. The van der Waals surface area contributed by atoms with E-state index in [-0.39, 0.29) is 24.4 Å². The lowest BCUT2D eigenvalue weighted by atomic mass is 9.92. The van der Waals surface area contributed by atoms with Gasteiger partial charge in [0.05, 0.1) is 0 Å². The van der Waals surface area contributed by atoms with E-state index >= 15 is 0 Å². The molecule has 0 N–H and O–H groups in total. The van der Waals surface area contributed by atoms with E-state index < -0.39 is 0 Å². The molecule has 6 aliphatic rings. The molecule has 0 saturated carbocycles. The summed E-state index contributed by atoms with van der Waals surface area (Å²) in [5.41, 5.74) is 6.14. The molecule has 0 bridgehead atoms. The highest BCUT2D eigenvalue weighted by Gasteiger charge is 2.58. The van der Waals surface area contributed by atoms with Crippen LogP contribution in [0.3, 0.4) is 0 Å². The van der Waals surface area contributed by atoms with Gasteiger partial charge in [-0.25, -0.2) is 9.59 Å². The Morgan fingerprint density at radius 2 is 0.685 bits per heavy atom. The van der Waals surface area contributed by atoms with E-state index in [2.05, 4.69) is 71.6 Å². The van der Waals surface area contributed by atoms with Crippen molar-refractivity contribution in [1.29, 1.82) is 0 Å². The number of carbonyl (C=O) groups excluding carboxylic acids is 2. The number of amides is 4. The van der Waals surface area contributed by atoms with Gasteiger partial charge in [0.15, 0.2) is 0 Å². The molecule has 4 unspecified atom stereocenters. The second-order valence-electron chi connectivity index (χ2n) is 17.2. The lowest BCUT2D eigenvalue weighted by Gasteiger charge is -2.30. The number of hydrogen-bond donors (Lipinski definition) is 0. The van der Waals surface area contributed by atoms with Crippen LogP contribution in [0.4, 0.5) is 9.59 Å². The molecule has 0 aromatic rings. The maximum absolute atomic E-state index is 14.5. The van der Waals surface area contributed by atoms with Crippen molar-refractivity contribution in [1.82, 2.24) is 19.6 Å². The highest BCUT2D eigenvalue weighted by Crippen LogP contribution is 2.37. The van der Waals surface area contributed by atoms with Crippen LogP contribution in [0.15, 0.2) is 46.6 Å². The first-order chi connectivity index (χ1) is 26.3. The summed E-state index contributed by atoms with van der Waals surface area (Å²) in [7, 11) is 0. The monoisotopic (exact) mass is 814 g/mol. The molecule has 2 fully saturated rings. The van der Waals surface area contributed by atoms with E-state index in [1.807, 2.05) is 47.0 Å². The first-order valence-corrected chi connectivity index (χ1v) is 26.0. The van der Waals surface area contributed by atoms with Gasteiger partial charge in [0.25, 0.3) is 0 Å². The second kappa shape index (κ2) is 21.6. The Labute approximate surface area is 345 Å². The molecular weight excluding hydrogens is 745 g/mol. The molecule has 4 atom stereocenters. The molecular formula is C44H70N4O2S4. The fraction of sp³-hybridized carbons (Fsp3) is 0.773. The van der Waals surface area contributed by atoms with Crippen LogP contribution in [0.25, 0.3) is 0 Å². The number of nitrogens with zero attached hydrogens (tertiary/aromatic N) is 4. The lowest BCUT2D eigenvalue weighted by molar-refractivity contribution is 0.136. The zero-order valence-corrected chi connectivity index (χ0v) is 37.2. The molecule has 0 spiro atoms. The topological polar surface area (TPSA) is 47.1 Å². The van der Waals surface area contributed by atoms with E-state index in [1.54, 1.807) is 0 Å². The Kier molecular flexibility index (Phi) is 17.0. The van der Waals surface area contributed by atoms with E-state index in [0.717, 1.165) is 69.7 Å². The van der Waals surface area contributed by atoms with Gasteiger partial charge in [-0.2, -0.15) is 47.0 Å². The first-order valence-electron chi connectivity index (χ1n) is 21.3. The number of thioether (sulfide) groups is 4. The van der Waals surface area contributed by atoms with Crippen molar-refractivity contribution < 1.29 is 9.59 Å². The molecule has 0 radical (unpaired) electrons. The van der Waals surface area contributed by atoms with Gasteiger partial charge in [-0.3, -0.25) is 19.6 Å². The summed E-state index contributed by atoms with van der Waals surface area (Å²) in [6.07, 6.45) is 24.1. The predicted octanol–water partition coefficient (Wildman–Crippen LogP) is 11.0. The molecule has 6 nitrogen and oxygen atoms in total. The third-order valence-corrected chi connectivity index (χ3v) is 17.5. The van der Waals surface area contributed by atoms with Crippen molar-refractivity contribution >= 4 is 59.1 Å². The molecule has 2 saturated heterocycles. The van der Waals surface area contributed by atoms with Crippen LogP contribution in [-0.2, 0) is 0 Å². The van der Waals surface area contributed by atoms with Crippen molar-refractivity contribution in [2.45, 2.75) is 117 Å². The van der Waals surface area contributed by atoms with Gasteiger partial charge >= 0.3 is 12.1 Å². The van der Waals surface area contributed by atoms with Gasteiger partial charge in [0, 0.05) is 49.2 Å². The van der Waals surface area contributed by atoms with Gasteiger partial charge in [-0.15, -0.1) is 0 Å². The first kappa shape index (κ1) is 42.5. The number of hydrogen-bond acceptors (Lipinski definition) is 6. The van der Waals surface area contributed by atoms with Crippen LogP contribution in [0, 0.1) is 23.7 Å². The summed E-state index contributed by atoms with van der Waals surface area (Å²) in [6, 6.07) is 0.297. The van der Waals surface area contributed by atoms with Crippen LogP contribution in [-0.4, -0.2) is 116 Å². The molecule has 302 valence electrons. The van der Waals surface area contributed by atoms with Crippen molar-refractivity contribution in [2.75, 3.05) is 72.2 Å². The van der Waals surface area contributed by atoms with Gasteiger partial charge in [-0.05, 0) is 151 Å². The predicted molar refractivity (Wildman–Crippen MR) is 239 cm³/mol. The Morgan fingerprint density at radius 3 is 0.889 bits per heavy atom. The molecule has 10 heteroatoms. The molecule has 0 aromatic heterocycles. The largest absolute Gasteiger partial charge is 0.323 e. The minimum atomic E-state index is -0.195. The van der Waals surface area contributed by atoms with Crippen LogP contribution >= 0.6 is 47.0 Å². The maximum Gasteiger partial charge on any atom is 0.323 e. The molecule has 4 amide bonds. The summed E-state index contributed by atoms with van der Waals surface area (Å²) >= 11 is 8.04. The quantitative estimate of drug-likeness (QED) is 0.0901. The lowest BCUT2D eigenvalue weighted by Crippen LogP contribution is -2.48. The smallest absolute Gasteiger partial charge is 0.299 e. The summed E-state index contributed by atoms with van der Waals surface area (Å²) in [5.74, 6) is 11.3. The number of carbonyl (C=O) groups is 2. The van der Waals surface area contributed by atoms with Crippen molar-refractivity contribution in [3.05, 3.63) is 46.6 Å². The Balaban J connectivity index is 1.11. The van der Waals surface area contributed by atoms with Crippen LogP contribution in [0.1, 0.15) is 105 Å². The van der Waals surface area contributed by atoms with Gasteiger partial charge in [0.1, 0.15) is 12.3 Å². The molecule has 54 heavy (non-hydrogen) atoms. The minimum absolute atomic E-state index is 0.148. The van der Waals surface area contributed by atoms with Gasteiger partial charge in [0.2, 0.25) is 0 Å². The van der Waals surface area contributed by atoms with E-state index in [4.69, 9.17) is 0 Å². The average Bonchev–Trinajstić information content (AvgIpc) is 3.59. The summed E-state index contributed by atoms with van der Waals surface area (Å²) < 4.78 is 0. The van der Waals surface area contributed by atoms with Crippen LogP contribution in [0.2, 0.25) is 0 Å². The van der Waals surface area contributed by atoms with Crippen molar-refractivity contribution in [3.63, 3.8) is 0 Å². The molecule has 0 aromatic carbocycles. The zero-order chi connectivity index (χ0) is 37.9. The highest BCUT2D eigenvalue weighted by atomic mass is 32.2. The van der Waals surface area contributed by atoms with Crippen molar-refractivity contribution in [3.8, 4) is 0 Å². The van der Waals surface area contributed by atoms with Crippen LogP contribution < -0.4 is 0 Å². The van der Waals surface area contributed by atoms with Crippen LogP contribution in [0.5, 0.6) is 0 Å². The van der Waals surface area contributed by atoms with Gasteiger partial charge < -0.3 is 0 Å². The van der Waals surface area contributed by atoms with Gasteiger partial charge in [-0.1, -0.05) is 46.6 Å². The van der Waals surface area contributed by atoms with E-state index in [9.17, 15) is 9.59 Å². The SMILES string of the molecule is CC1=CCC(CSCCN2C(=O)N(CCSCC3CC=C(C)CC3)C3C2N(CCSCC2CC=C(C)CC2)C(=O)N3CCSCC2CC=C(C)CC2)CC1. The molecule has 2 heterocycles. The van der Waals surface area contributed by atoms with E-state index in [1.165, 1.54) is 99.3 Å². The zero-order valence-electron chi connectivity index (χ0n) is 34.0. The number of allylic oxidation sites excluding steroid dienone is 8. The highest BCUT2D eigenvalue weighted by molar-refractivity contribution is 7.99.